The smallest absolute Gasteiger partial charge is 0.257 e. The van der Waals surface area contributed by atoms with Gasteiger partial charge < -0.3 is 10.6 Å². The summed E-state index contributed by atoms with van der Waals surface area (Å²) < 4.78 is 39.2. The number of hydrogen-bond acceptors (Lipinski definition) is 2. The van der Waals surface area contributed by atoms with Crippen molar-refractivity contribution < 1.29 is 22.8 Å². The number of benzene rings is 3. The van der Waals surface area contributed by atoms with E-state index in [-0.39, 0.29) is 27.0 Å². The van der Waals surface area contributed by atoms with Gasteiger partial charge in [-0.05, 0) is 54.4 Å². The Morgan fingerprint density at radius 2 is 1.63 bits per heavy atom. The first-order valence-electron chi connectivity index (χ1n) is 10.1. The monoisotopic (exact) mass is 560 g/mol. The molecular formula is C24H15Cl4F3N2O2. The molecule has 0 heterocycles. The minimum atomic E-state index is -1.45. The van der Waals surface area contributed by atoms with Crippen LogP contribution in [0.25, 0.3) is 0 Å². The zero-order valence-corrected chi connectivity index (χ0v) is 20.8. The van der Waals surface area contributed by atoms with Crippen molar-refractivity contribution in [3.63, 3.8) is 0 Å². The van der Waals surface area contributed by atoms with Gasteiger partial charge in [0.1, 0.15) is 21.8 Å². The van der Waals surface area contributed by atoms with Gasteiger partial charge >= 0.3 is 0 Å². The van der Waals surface area contributed by atoms with E-state index in [1.165, 1.54) is 24.3 Å². The number of aryl methyl sites for hydroxylation is 1. The van der Waals surface area contributed by atoms with Crippen LogP contribution in [0.3, 0.4) is 0 Å². The fraction of sp³-hybridized carbons (Fsp3) is 0.167. The number of rotatable bonds is 5. The van der Waals surface area contributed by atoms with Crippen molar-refractivity contribution in [1.29, 1.82) is 0 Å². The van der Waals surface area contributed by atoms with Crippen LogP contribution >= 0.6 is 46.4 Å². The van der Waals surface area contributed by atoms with Crippen molar-refractivity contribution in [2.24, 2.45) is 5.92 Å². The Morgan fingerprint density at radius 1 is 0.914 bits per heavy atom. The maximum atomic E-state index is 14.0. The van der Waals surface area contributed by atoms with E-state index in [0.29, 0.717) is 17.2 Å². The first-order valence-corrected chi connectivity index (χ1v) is 11.6. The van der Waals surface area contributed by atoms with Crippen molar-refractivity contribution in [2.45, 2.75) is 17.2 Å². The SMILES string of the molecule is Cc1cc(NC(=O)[C@H]2[C@H](c3ccc(F)c(Cl)c3)C2(Cl)Cl)cc(C(=O)Nc2ccc(F)cc2F)c1Cl. The summed E-state index contributed by atoms with van der Waals surface area (Å²) in [5.74, 6) is -5.20. The van der Waals surface area contributed by atoms with Gasteiger partial charge in [-0.25, -0.2) is 13.2 Å². The summed E-state index contributed by atoms with van der Waals surface area (Å²) in [6.07, 6.45) is 0. The van der Waals surface area contributed by atoms with Gasteiger partial charge in [0.15, 0.2) is 0 Å². The summed E-state index contributed by atoms with van der Waals surface area (Å²) in [5.41, 5.74) is 0.873. The lowest BCUT2D eigenvalue weighted by molar-refractivity contribution is -0.117. The lowest BCUT2D eigenvalue weighted by Crippen LogP contribution is -2.19. The van der Waals surface area contributed by atoms with E-state index >= 15 is 0 Å². The van der Waals surface area contributed by atoms with E-state index in [1.807, 2.05) is 0 Å². The summed E-state index contributed by atoms with van der Waals surface area (Å²) >= 11 is 24.8. The molecule has 0 saturated heterocycles. The predicted molar refractivity (Wildman–Crippen MR) is 131 cm³/mol. The molecule has 2 N–H and O–H groups in total. The average Bonchev–Trinajstić information content (AvgIpc) is 3.36. The Labute approximate surface area is 218 Å². The fourth-order valence-electron chi connectivity index (χ4n) is 3.78. The van der Waals surface area contributed by atoms with Gasteiger partial charge in [0.2, 0.25) is 5.91 Å². The molecule has 0 unspecified atom stereocenters. The second-order valence-corrected chi connectivity index (χ2v) is 10.3. The summed E-state index contributed by atoms with van der Waals surface area (Å²) in [6, 6.07) is 9.50. The molecule has 0 aliphatic heterocycles. The first-order chi connectivity index (χ1) is 16.4. The van der Waals surface area contributed by atoms with Crippen molar-refractivity contribution in [3.8, 4) is 0 Å². The Bertz CT molecular complexity index is 1370. The largest absolute Gasteiger partial charge is 0.326 e. The molecule has 1 aliphatic rings. The highest BCUT2D eigenvalue weighted by Gasteiger charge is 2.67. The Balaban J connectivity index is 1.55. The predicted octanol–water partition coefficient (Wildman–Crippen LogP) is 7.50. The zero-order chi connectivity index (χ0) is 25.7. The van der Waals surface area contributed by atoms with Crippen LogP contribution in [0, 0.1) is 30.3 Å². The van der Waals surface area contributed by atoms with Crippen LogP contribution in [0.4, 0.5) is 24.5 Å². The third-order valence-corrected chi connectivity index (χ3v) is 7.32. The van der Waals surface area contributed by atoms with Gasteiger partial charge in [0, 0.05) is 17.7 Å². The minimum absolute atomic E-state index is 0.0497. The van der Waals surface area contributed by atoms with Crippen LogP contribution in [0.15, 0.2) is 48.5 Å². The molecular weight excluding hydrogens is 547 g/mol. The standard InChI is InChI=1S/C24H15Cl4F3N2O2/c1-10-6-13(9-14(21(10)26)22(34)33-18-5-3-12(29)8-17(18)31)32-23(35)20-19(24(20,27)28)11-2-4-16(30)15(25)7-11/h2-9,19-20H,1H3,(H,32,35)(H,33,34)/t19-,20+/m0/s1. The van der Waals surface area contributed by atoms with Crippen LogP contribution < -0.4 is 10.6 Å². The van der Waals surface area contributed by atoms with Crippen LogP contribution in [-0.2, 0) is 4.79 Å². The second-order valence-electron chi connectivity index (χ2n) is 8.03. The van der Waals surface area contributed by atoms with Crippen LogP contribution in [0.5, 0.6) is 0 Å². The third-order valence-electron chi connectivity index (χ3n) is 5.58. The number of carbonyl (C=O) groups is 2. The number of alkyl halides is 2. The summed E-state index contributed by atoms with van der Waals surface area (Å²) in [6.45, 7) is 1.61. The first kappa shape index (κ1) is 25.6. The normalized spacial score (nSPS) is 18.2. The Hall–Kier alpha value is -2.45. The molecule has 4 rings (SSSR count). The fourth-order valence-corrected chi connectivity index (χ4v) is 4.99. The third kappa shape index (κ3) is 5.09. The minimum Gasteiger partial charge on any atom is -0.326 e. The lowest BCUT2D eigenvalue weighted by atomic mass is 10.1. The van der Waals surface area contributed by atoms with Gasteiger partial charge in [-0.3, -0.25) is 9.59 Å². The number of carbonyl (C=O) groups excluding carboxylic acids is 2. The highest BCUT2D eigenvalue weighted by molar-refractivity contribution is 6.53. The van der Waals surface area contributed by atoms with Crippen molar-refractivity contribution >= 4 is 69.6 Å². The van der Waals surface area contributed by atoms with Gasteiger partial charge in [0.25, 0.3) is 5.91 Å². The number of nitrogens with one attached hydrogen (secondary N) is 2. The van der Waals surface area contributed by atoms with Gasteiger partial charge in [-0.2, -0.15) is 0 Å². The maximum absolute atomic E-state index is 14.0. The van der Waals surface area contributed by atoms with E-state index < -0.39 is 45.4 Å². The molecule has 3 aromatic rings. The van der Waals surface area contributed by atoms with Gasteiger partial charge in [-0.15, -0.1) is 23.2 Å². The van der Waals surface area contributed by atoms with Crippen molar-refractivity contribution in [2.75, 3.05) is 10.6 Å². The highest BCUT2D eigenvalue weighted by atomic mass is 35.5. The summed E-state index contributed by atoms with van der Waals surface area (Å²) in [5, 5.41) is 4.94. The quantitative estimate of drug-likeness (QED) is 0.317. The molecule has 0 aromatic heterocycles. The lowest BCUT2D eigenvalue weighted by Gasteiger charge is -2.13. The molecule has 1 aliphatic carbocycles. The topological polar surface area (TPSA) is 58.2 Å². The molecule has 11 heteroatoms. The van der Waals surface area contributed by atoms with Gasteiger partial charge in [0.05, 0.1) is 27.2 Å². The highest BCUT2D eigenvalue weighted by Crippen LogP contribution is 2.65. The molecule has 2 amide bonds. The Kier molecular flexibility index (Phi) is 6.99. The van der Waals surface area contributed by atoms with Crippen molar-refractivity contribution in [1.82, 2.24) is 0 Å². The maximum Gasteiger partial charge on any atom is 0.257 e. The molecule has 4 nitrogen and oxygen atoms in total. The van der Waals surface area contributed by atoms with Crippen LogP contribution in [0.2, 0.25) is 10.0 Å². The molecule has 1 saturated carbocycles. The average molecular weight is 562 g/mol. The number of amides is 2. The molecule has 3 aromatic carbocycles. The molecule has 35 heavy (non-hydrogen) atoms. The number of anilines is 2. The van der Waals surface area contributed by atoms with E-state index in [0.717, 1.165) is 18.2 Å². The molecule has 2 atom stereocenters. The van der Waals surface area contributed by atoms with E-state index in [4.69, 9.17) is 46.4 Å². The van der Waals surface area contributed by atoms with E-state index in [1.54, 1.807) is 6.92 Å². The Morgan fingerprint density at radius 3 is 2.29 bits per heavy atom. The zero-order valence-electron chi connectivity index (χ0n) is 17.7. The summed E-state index contributed by atoms with van der Waals surface area (Å²) in [7, 11) is 0. The molecule has 0 spiro atoms. The molecule has 0 radical (unpaired) electrons. The molecule has 1 fully saturated rings. The second kappa shape index (κ2) is 9.54. The van der Waals surface area contributed by atoms with Crippen LogP contribution in [-0.4, -0.2) is 16.1 Å². The van der Waals surface area contributed by atoms with Crippen LogP contribution in [0.1, 0.15) is 27.4 Å². The molecule has 182 valence electrons. The van der Waals surface area contributed by atoms with Gasteiger partial charge in [-0.1, -0.05) is 29.3 Å². The number of hydrogen-bond donors (Lipinski definition) is 2. The summed E-state index contributed by atoms with van der Waals surface area (Å²) in [4.78, 5) is 25.7. The van der Waals surface area contributed by atoms with E-state index in [9.17, 15) is 22.8 Å². The molecule has 0 bridgehead atoms. The van der Waals surface area contributed by atoms with E-state index in [2.05, 4.69) is 10.6 Å². The number of halogens is 7. The van der Waals surface area contributed by atoms with Crippen molar-refractivity contribution in [3.05, 3.63) is 92.7 Å².